The van der Waals surface area contributed by atoms with Gasteiger partial charge in [-0.15, -0.1) is 0 Å². The number of hydrogen-bond donors (Lipinski definition) is 1. The standard InChI is InChI=1S/C13H19N3/c1-8-2-3-10(6-8)13-15-11(9-4-5-9)7-12(14)16-13/h7-10H,2-6H2,1H3,(H2,14,15,16). The maximum absolute atomic E-state index is 5.88. The molecule has 2 aliphatic carbocycles. The number of nitrogens with zero attached hydrogens (tertiary/aromatic N) is 2. The van der Waals surface area contributed by atoms with Crippen molar-refractivity contribution in [3.63, 3.8) is 0 Å². The lowest BCUT2D eigenvalue weighted by atomic mass is 10.1. The van der Waals surface area contributed by atoms with E-state index in [0.29, 0.717) is 17.7 Å². The first-order chi connectivity index (χ1) is 7.72. The largest absolute Gasteiger partial charge is 0.384 e. The van der Waals surface area contributed by atoms with Gasteiger partial charge >= 0.3 is 0 Å². The second-order valence-corrected chi connectivity index (χ2v) is 5.47. The number of aromatic nitrogens is 2. The number of rotatable bonds is 2. The highest BCUT2D eigenvalue weighted by Gasteiger charge is 2.29. The fourth-order valence-corrected chi connectivity index (χ4v) is 2.72. The molecule has 2 N–H and O–H groups in total. The minimum Gasteiger partial charge on any atom is -0.384 e. The Kier molecular flexibility index (Phi) is 2.34. The molecule has 0 aromatic carbocycles. The Morgan fingerprint density at radius 1 is 1.12 bits per heavy atom. The van der Waals surface area contributed by atoms with E-state index in [-0.39, 0.29) is 0 Å². The van der Waals surface area contributed by atoms with E-state index in [4.69, 9.17) is 10.7 Å². The van der Waals surface area contributed by atoms with Crippen LogP contribution in [0.4, 0.5) is 5.82 Å². The first-order valence-corrected chi connectivity index (χ1v) is 6.36. The lowest BCUT2D eigenvalue weighted by Crippen LogP contribution is -2.06. The predicted molar refractivity (Wildman–Crippen MR) is 64.2 cm³/mol. The van der Waals surface area contributed by atoms with Crippen molar-refractivity contribution in [1.82, 2.24) is 9.97 Å². The summed E-state index contributed by atoms with van der Waals surface area (Å²) in [4.78, 5) is 9.15. The number of anilines is 1. The fourth-order valence-electron chi connectivity index (χ4n) is 2.72. The second-order valence-electron chi connectivity index (χ2n) is 5.47. The van der Waals surface area contributed by atoms with Crippen LogP contribution >= 0.6 is 0 Å². The zero-order valence-corrected chi connectivity index (χ0v) is 9.82. The quantitative estimate of drug-likeness (QED) is 0.828. The molecule has 3 rings (SSSR count). The van der Waals surface area contributed by atoms with E-state index in [2.05, 4.69) is 11.9 Å². The maximum atomic E-state index is 5.88. The summed E-state index contributed by atoms with van der Waals surface area (Å²) >= 11 is 0. The monoisotopic (exact) mass is 217 g/mol. The van der Waals surface area contributed by atoms with Crippen LogP contribution in [0.1, 0.15) is 62.4 Å². The normalized spacial score (nSPS) is 29.6. The highest BCUT2D eigenvalue weighted by Crippen LogP contribution is 2.41. The van der Waals surface area contributed by atoms with Crippen LogP contribution in [0.3, 0.4) is 0 Å². The smallest absolute Gasteiger partial charge is 0.134 e. The Hall–Kier alpha value is -1.12. The molecule has 1 aromatic rings. The van der Waals surface area contributed by atoms with Crippen LogP contribution in [-0.2, 0) is 0 Å². The van der Waals surface area contributed by atoms with Gasteiger partial charge < -0.3 is 5.73 Å². The van der Waals surface area contributed by atoms with Gasteiger partial charge in [-0.1, -0.05) is 6.92 Å². The summed E-state index contributed by atoms with van der Waals surface area (Å²) in [6.45, 7) is 2.31. The molecule has 0 aliphatic heterocycles. The van der Waals surface area contributed by atoms with Crippen LogP contribution in [0.5, 0.6) is 0 Å². The molecule has 2 fully saturated rings. The van der Waals surface area contributed by atoms with Crippen LogP contribution in [0.15, 0.2) is 6.07 Å². The lowest BCUT2D eigenvalue weighted by molar-refractivity contribution is 0.584. The maximum Gasteiger partial charge on any atom is 0.134 e. The molecular weight excluding hydrogens is 198 g/mol. The van der Waals surface area contributed by atoms with Gasteiger partial charge in [-0.2, -0.15) is 0 Å². The van der Waals surface area contributed by atoms with Crippen molar-refractivity contribution in [3.8, 4) is 0 Å². The number of nitrogens with two attached hydrogens (primary N) is 1. The third-order valence-corrected chi connectivity index (χ3v) is 3.84. The molecule has 2 aliphatic rings. The molecule has 3 nitrogen and oxygen atoms in total. The molecule has 0 bridgehead atoms. The molecule has 2 atom stereocenters. The van der Waals surface area contributed by atoms with Crippen LogP contribution in [0, 0.1) is 5.92 Å². The zero-order chi connectivity index (χ0) is 11.1. The van der Waals surface area contributed by atoms with E-state index in [1.165, 1.54) is 37.8 Å². The molecule has 0 radical (unpaired) electrons. The number of nitrogen functional groups attached to an aromatic ring is 1. The molecule has 2 unspecified atom stereocenters. The van der Waals surface area contributed by atoms with Crippen LogP contribution in [0.25, 0.3) is 0 Å². The summed E-state index contributed by atoms with van der Waals surface area (Å²) in [7, 11) is 0. The van der Waals surface area contributed by atoms with E-state index in [0.717, 1.165) is 11.7 Å². The Balaban J connectivity index is 1.88. The van der Waals surface area contributed by atoms with Gasteiger partial charge in [-0.3, -0.25) is 0 Å². The molecule has 0 spiro atoms. The van der Waals surface area contributed by atoms with Gasteiger partial charge in [0.05, 0.1) is 0 Å². The van der Waals surface area contributed by atoms with Crippen LogP contribution in [-0.4, -0.2) is 9.97 Å². The summed E-state index contributed by atoms with van der Waals surface area (Å²) in [6, 6.07) is 1.96. The zero-order valence-electron chi connectivity index (χ0n) is 9.82. The Labute approximate surface area is 96.5 Å². The Bertz CT molecular complexity index is 398. The van der Waals surface area contributed by atoms with Gasteiger partial charge in [0.2, 0.25) is 0 Å². The van der Waals surface area contributed by atoms with Crippen molar-refractivity contribution in [2.75, 3.05) is 5.73 Å². The molecule has 16 heavy (non-hydrogen) atoms. The molecule has 2 saturated carbocycles. The molecule has 1 aromatic heterocycles. The number of hydrogen-bond acceptors (Lipinski definition) is 3. The summed E-state index contributed by atoms with van der Waals surface area (Å²) in [5, 5.41) is 0. The van der Waals surface area contributed by atoms with Crippen molar-refractivity contribution in [2.45, 2.75) is 50.9 Å². The third kappa shape index (κ3) is 1.91. The van der Waals surface area contributed by atoms with Gasteiger partial charge in [0.1, 0.15) is 11.6 Å². The fraction of sp³-hybridized carbons (Fsp3) is 0.692. The Morgan fingerprint density at radius 2 is 1.88 bits per heavy atom. The summed E-state index contributed by atoms with van der Waals surface area (Å²) in [5.74, 6) is 3.70. The summed E-state index contributed by atoms with van der Waals surface area (Å²) in [6.07, 6.45) is 6.32. The van der Waals surface area contributed by atoms with E-state index < -0.39 is 0 Å². The predicted octanol–water partition coefficient (Wildman–Crippen LogP) is 2.84. The van der Waals surface area contributed by atoms with E-state index >= 15 is 0 Å². The molecule has 1 heterocycles. The van der Waals surface area contributed by atoms with E-state index in [9.17, 15) is 0 Å². The summed E-state index contributed by atoms with van der Waals surface area (Å²) < 4.78 is 0. The average molecular weight is 217 g/mol. The average Bonchev–Trinajstić information content (AvgIpc) is 3.01. The highest BCUT2D eigenvalue weighted by atomic mass is 15.0. The van der Waals surface area contributed by atoms with Crippen LogP contribution in [0.2, 0.25) is 0 Å². The van der Waals surface area contributed by atoms with E-state index in [1.807, 2.05) is 6.07 Å². The van der Waals surface area contributed by atoms with Crippen molar-refractivity contribution in [1.29, 1.82) is 0 Å². The second kappa shape index (κ2) is 3.72. The molecule has 0 amide bonds. The van der Waals surface area contributed by atoms with Crippen molar-refractivity contribution >= 4 is 5.82 Å². The third-order valence-electron chi connectivity index (χ3n) is 3.84. The van der Waals surface area contributed by atoms with Gasteiger partial charge in [0.15, 0.2) is 0 Å². The molecule has 86 valence electrons. The molecule has 3 heteroatoms. The van der Waals surface area contributed by atoms with Gasteiger partial charge in [-0.25, -0.2) is 9.97 Å². The Morgan fingerprint density at radius 3 is 2.50 bits per heavy atom. The van der Waals surface area contributed by atoms with Gasteiger partial charge in [0.25, 0.3) is 0 Å². The summed E-state index contributed by atoms with van der Waals surface area (Å²) in [5.41, 5.74) is 7.06. The minimum atomic E-state index is 0.552. The van der Waals surface area contributed by atoms with Crippen LogP contribution < -0.4 is 5.73 Å². The van der Waals surface area contributed by atoms with Crippen molar-refractivity contribution in [2.24, 2.45) is 5.92 Å². The van der Waals surface area contributed by atoms with Crippen molar-refractivity contribution in [3.05, 3.63) is 17.6 Å². The SMILES string of the molecule is CC1CCC(c2nc(N)cc(C3CC3)n2)C1. The first-order valence-electron chi connectivity index (χ1n) is 6.36. The van der Waals surface area contributed by atoms with Gasteiger partial charge in [-0.05, 0) is 38.0 Å². The van der Waals surface area contributed by atoms with Crippen molar-refractivity contribution < 1.29 is 0 Å². The minimum absolute atomic E-state index is 0.552. The topological polar surface area (TPSA) is 51.8 Å². The molecular formula is C13H19N3. The van der Waals surface area contributed by atoms with Gasteiger partial charge in [0, 0.05) is 23.6 Å². The lowest BCUT2D eigenvalue weighted by Gasteiger charge is -2.10. The molecule has 0 saturated heterocycles. The first kappa shape index (κ1) is 10.1. The highest BCUT2D eigenvalue weighted by molar-refractivity contribution is 5.33. The van der Waals surface area contributed by atoms with E-state index in [1.54, 1.807) is 0 Å².